The monoisotopic (exact) mass is 478 g/mol. The van der Waals surface area contributed by atoms with E-state index in [1.165, 1.54) is 0 Å². The smallest absolute Gasteiger partial charge is 0.407 e. The summed E-state index contributed by atoms with van der Waals surface area (Å²) in [5.74, 6) is -1.68. The first-order valence-electron chi connectivity index (χ1n) is 12.2. The van der Waals surface area contributed by atoms with Crippen LogP contribution in [0.4, 0.5) is 4.79 Å². The summed E-state index contributed by atoms with van der Waals surface area (Å²) in [7, 11) is 0. The minimum absolute atomic E-state index is 0.0406. The molecular formula is C27H30N2O6. The highest BCUT2D eigenvalue weighted by molar-refractivity contribution is 5.91. The van der Waals surface area contributed by atoms with Crippen LogP contribution in [0, 0.1) is 5.92 Å². The molecule has 5 rings (SSSR count). The molecular weight excluding hydrogens is 448 g/mol. The molecule has 1 atom stereocenters. The Morgan fingerprint density at radius 1 is 1.00 bits per heavy atom. The Balaban J connectivity index is 1.26. The van der Waals surface area contributed by atoms with E-state index in [0.717, 1.165) is 41.5 Å². The van der Waals surface area contributed by atoms with Crippen LogP contribution in [-0.4, -0.2) is 54.5 Å². The number of benzene rings is 2. The molecule has 2 aliphatic carbocycles. The van der Waals surface area contributed by atoms with Gasteiger partial charge in [0.25, 0.3) is 0 Å². The summed E-state index contributed by atoms with van der Waals surface area (Å²) < 4.78 is 10.9. The first-order chi connectivity index (χ1) is 17.0. The van der Waals surface area contributed by atoms with Crippen LogP contribution < -0.4 is 10.6 Å². The largest absolute Gasteiger partial charge is 0.480 e. The summed E-state index contributed by atoms with van der Waals surface area (Å²) in [6.45, 7) is 0.677. The topological polar surface area (TPSA) is 114 Å². The fraction of sp³-hybridized carbons (Fsp3) is 0.444. The number of rotatable bonds is 7. The molecule has 2 fully saturated rings. The van der Waals surface area contributed by atoms with Crippen LogP contribution >= 0.6 is 0 Å². The lowest BCUT2D eigenvalue weighted by Crippen LogP contribution is -2.63. The van der Waals surface area contributed by atoms with Gasteiger partial charge in [-0.1, -0.05) is 55.0 Å². The number of carbonyl (C=O) groups excluding carboxylic acids is 2. The second-order valence-corrected chi connectivity index (χ2v) is 9.63. The van der Waals surface area contributed by atoms with Crippen LogP contribution in [0.5, 0.6) is 0 Å². The molecule has 3 aliphatic rings. The number of hydrogen-bond donors (Lipinski definition) is 3. The molecule has 1 aliphatic heterocycles. The zero-order valence-corrected chi connectivity index (χ0v) is 19.5. The molecule has 1 saturated heterocycles. The maximum absolute atomic E-state index is 13.2. The lowest BCUT2D eigenvalue weighted by atomic mass is 9.78. The van der Waals surface area contributed by atoms with E-state index in [1.54, 1.807) is 0 Å². The molecule has 1 heterocycles. The van der Waals surface area contributed by atoms with E-state index >= 15 is 0 Å². The molecule has 2 amide bonds. The van der Waals surface area contributed by atoms with Gasteiger partial charge in [0, 0.05) is 32.0 Å². The molecule has 0 spiro atoms. The van der Waals surface area contributed by atoms with E-state index in [1.807, 2.05) is 36.4 Å². The van der Waals surface area contributed by atoms with Gasteiger partial charge in [-0.15, -0.1) is 0 Å². The van der Waals surface area contributed by atoms with Crippen LogP contribution in [0.25, 0.3) is 11.1 Å². The van der Waals surface area contributed by atoms with Crippen LogP contribution in [0.2, 0.25) is 0 Å². The van der Waals surface area contributed by atoms with Crippen LogP contribution in [0.1, 0.15) is 49.1 Å². The number of fused-ring (bicyclic) bond motifs is 3. The fourth-order valence-corrected chi connectivity index (χ4v) is 5.36. The Hall–Kier alpha value is -3.39. The van der Waals surface area contributed by atoms with Gasteiger partial charge in [0.2, 0.25) is 5.91 Å². The van der Waals surface area contributed by atoms with Crippen molar-refractivity contribution in [1.29, 1.82) is 0 Å². The van der Waals surface area contributed by atoms with Gasteiger partial charge in [-0.3, -0.25) is 4.79 Å². The summed E-state index contributed by atoms with van der Waals surface area (Å²) in [5, 5.41) is 15.3. The third-order valence-electron chi connectivity index (χ3n) is 7.64. The Morgan fingerprint density at radius 3 is 2.14 bits per heavy atom. The van der Waals surface area contributed by atoms with Gasteiger partial charge in [0.05, 0.1) is 0 Å². The van der Waals surface area contributed by atoms with Crippen molar-refractivity contribution in [2.24, 2.45) is 5.92 Å². The molecule has 184 valence electrons. The molecule has 0 radical (unpaired) electrons. The Labute approximate surface area is 204 Å². The third-order valence-corrected chi connectivity index (χ3v) is 7.64. The van der Waals surface area contributed by atoms with E-state index in [9.17, 15) is 19.5 Å². The first kappa shape index (κ1) is 23.4. The van der Waals surface area contributed by atoms with E-state index in [4.69, 9.17) is 9.47 Å². The molecule has 0 aromatic heterocycles. The van der Waals surface area contributed by atoms with Crippen molar-refractivity contribution in [2.45, 2.75) is 49.6 Å². The molecule has 2 aromatic rings. The number of carboxylic acids is 1. The fourth-order valence-electron chi connectivity index (χ4n) is 5.36. The highest BCUT2D eigenvalue weighted by Crippen LogP contribution is 2.44. The minimum atomic E-state index is -1.37. The first-order valence-corrected chi connectivity index (χ1v) is 12.2. The molecule has 1 unspecified atom stereocenters. The summed E-state index contributed by atoms with van der Waals surface area (Å²) in [4.78, 5) is 38.0. The van der Waals surface area contributed by atoms with Gasteiger partial charge in [-0.2, -0.15) is 0 Å². The number of nitrogens with one attached hydrogen (secondary N) is 2. The number of ether oxygens (including phenoxy) is 2. The summed E-state index contributed by atoms with van der Waals surface area (Å²) in [6.07, 6.45) is 2.27. The van der Waals surface area contributed by atoms with Crippen molar-refractivity contribution in [3.8, 4) is 11.1 Å². The second-order valence-electron chi connectivity index (χ2n) is 9.63. The standard InChI is InChI=1S/C27H30N2O6/c30-24(29-27(25(31)32)12-14-34-15-13-27)23(17-6-5-7-17)28-26(33)35-16-22-20-10-3-1-8-18(20)19-9-2-4-11-21(19)22/h1-4,8-11,17,22-23H,5-7,12-16H2,(H,28,33)(H,29,30)(H,31,32). The zero-order valence-electron chi connectivity index (χ0n) is 19.5. The van der Waals surface area contributed by atoms with Crippen LogP contribution in [0.15, 0.2) is 48.5 Å². The van der Waals surface area contributed by atoms with Crippen molar-refractivity contribution < 1.29 is 29.0 Å². The van der Waals surface area contributed by atoms with Crippen molar-refractivity contribution in [2.75, 3.05) is 19.8 Å². The zero-order chi connectivity index (χ0) is 24.4. The molecule has 0 bridgehead atoms. The number of hydrogen-bond acceptors (Lipinski definition) is 5. The predicted octanol–water partition coefficient (Wildman–Crippen LogP) is 3.44. The maximum Gasteiger partial charge on any atom is 0.407 e. The van der Waals surface area contributed by atoms with E-state index in [-0.39, 0.29) is 44.5 Å². The van der Waals surface area contributed by atoms with E-state index in [0.29, 0.717) is 0 Å². The number of carboxylic acid groups (broad SMARTS) is 1. The number of aliphatic carboxylic acids is 1. The highest BCUT2D eigenvalue weighted by Gasteiger charge is 2.45. The molecule has 8 nitrogen and oxygen atoms in total. The average molecular weight is 479 g/mol. The van der Waals surface area contributed by atoms with Gasteiger partial charge in [0.15, 0.2) is 0 Å². The van der Waals surface area contributed by atoms with Crippen molar-refractivity contribution >= 4 is 18.0 Å². The van der Waals surface area contributed by atoms with Gasteiger partial charge in [0.1, 0.15) is 18.2 Å². The van der Waals surface area contributed by atoms with Gasteiger partial charge >= 0.3 is 12.1 Å². The van der Waals surface area contributed by atoms with Crippen LogP contribution in [0.3, 0.4) is 0 Å². The summed E-state index contributed by atoms with van der Waals surface area (Å²) in [6, 6.07) is 15.3. The lowest BCUT2D eigenvalue weighted by molar-refractivity contribution is -0.152. The van der Waals surface area contributed by atoms with E-state index < -0.39 is 29.6 Å². The van der Waals surface area contributed by atoms with Crippen molar-refractivity contribution in [3.63, 3.8) is 0 Å². The van der Waals surface area contributed by atoms with Gasteiger partial charge < -0.3 is 25.2 Å². The number of carbonyl (C=O) groups is 3. The molecule has 3 N–H and O–H groups in total. The van der Waals surface area contributed by atoms with Gasteiger partial charge in [-0.05, 0) is 41.0 Å². The van der Waals surface area contributed by atoms with Crippen molar-refractivity contribution in [1.82, 2.24) is 10.6 Å². The average Bonchev–Trinajstić information content (AvgIpc) is 3.15. The van der Waals surface area contributed by atoms with Crippen LogP contribution in [-0.2, 0) is 19.1 Å². The van der Waals surface area contributed by atoms with E-state index in [2.05, 4.69) is 22.8 Å². The predicted molar refractivity (Wildman–Crippen MR) is 128 cm³/mol. The quantitative estimate of drug-likeness (QED) is 0.562. The summed E-state index contributed by atoms with van der Waals surface area (Å²) in [5.41, 5.74) is 3.12. The number of alkyl carbamates (subject to hydrolysis) is 1. The molecule has 2 aromatic carbocycles. The Bertz CT molecular complexity index is 1080. The lowest BCUT2D eigenvalue weighted by Gasteiger charge is -2.38. The third kappa shape index (κ3) is 4.50. The molecule has 8 heteroatoms. The minimum Gasteiger partial charge on any atom is -0.480 e. The Morgan fingerprint density at radius 2 is 1.60 bits per heavy atom. The number of amides is 2. The normalized spacial score (nSPS) is 19.5. The summed E-state index contributed by atoms with van der Waals surface area (Å²) >= 11 is 0. The second kappa shape index (κ2) is 9.70. The molecule has 1 saturated carbocycles. The highest BCUT2D eigenvalue weighted by atomic mass is 16.5. The SMILES string of the molecule is O=C(NC(C(=O)NC1(C(=O)O)CCOCC1)C1CCC1)OCC1c2ccccc2-c2ccccc21. The van der Waals surface area contributed by atoms with Crippen molar-refractivity contribution in [3.05, 3.63) is 59.7 Å². The maximum atomic E-state index is 13.2. The molecule has 35 heavy (non-hydrogen) atoms. The Kier molecular flexibility index (Phi) is 6.47. The van der Waals surface area contributed by atoms with Gasteiger partial charge in [-0.25, -0.2) is 9.59 Å².